The van der Waals surface area contributed by atoms with Gasteiger partial charge in [-0.3, -0.25) is 4.79 Å². The first-order valence-corrected chi connectivity index (χ1v) is 10.6. The van der Waals surface area contributed by atoms with Crippen molar-refractivity contribution in [1.29, 1.82) is 0 Å². The summed E-state index contributed by atoms with van der Waals surface area (Å²) in [5, 5.41) is 9.26. The Labute approximate surface area is 166 Å². The van der Waals surface area contributed by atoms with Crippen molar-refractivity contribution in [2.75, 3.05) is 13.2 Å². The van der Waals surface area contributed by atoms with E-state index in [9.17, 15) is 14.7 Å². The van der Waals surface area contributed by atoms with E-state index in [1.165, 1.54) is 57.9 Å². The largest absolute Gasteiger partial charge is 0.466 e. The Balaban J connectivity index is 0. The van der Waals surface area contributed by atoms with Gasteiger partial charge in [-0.05, 0) is 12.8 Å². The molecule has 5 nitrogen and oxygen atoms in total. The fourth-order valence-electron chi connectivity index (χ4n) is 2.39. The van der Waals surface area contributed by atoms with E-state index in [0.29, 0.717) is 13.0 Å². The molecule has 0 spiro atoms. The third-order valence-corrected chi connectivity index (χ3v) is 4.00. The molecule has 0 aromatic heterocycles. The highest BCUT2D eigenvalue weighted by molar-refractivity contribution is 5.74. The second-order valence-corrected chi connectivity index (χ2v) is 6.75. The molecule has 0 saturated heterocycles. The normalized spacial score (nSPS) is 11.1. The molecule has 27 heavy (non-hydrogen) atoms. The van der Waals surface area contributed by atoms with Gasteiger partial charge in [0.1, 0.15) is 6.61 Å². The molecule has 0 amide bonds. The van der Waals surface area contributed by atoms with Crippen LogP contribution in [0, 0.1) is 0 Å². The van der Waals surface area contributed by atoms with Crippen LogP contribution in [0.2, 0.25) is 0 Å². The average molecular weight is 387 g/mol. The van der Waals surface area contributed by atoms with Crippen molar-refractivity contribution in [3.63, 3.8) is 0 Å². The maximum atomic E-state index is 11.0. The van der Waals surface area contributed by atoms with Crippen LogP contribution >= 0.6 is 0 Å². The predicted octanol–water partition coefficient (Wildman–Crippen LogP) is 5.35. The lowest BCUT2D eigenvalue weighted by molar-refractivity contribution is -0.152. The van der Waals surface area contributed by atoms with Gasteiger partial charge >= 0.3 is 11.9 Å². The maximum Gasteiger partial charge on any atom is 0.335 e. The SMILES string of the molecule is C=CCOC(=O)C(O)CCCCC.CCCCCCCCCCOC(C)=O. The molecule has 0 aliphatic rings. The minimum absolute atomic E-state index is 0.159. The number of hydrogen-bond donors (Lipinski definition) is 1. The molecular weight excluding hydrogens is 344 g/mol. The number of aliphatic hydroxyl groups is 1. The quantitative estimate of drug-likeness (QED) is 0.220. The number of hydrogen-bond acceptors (Lipinski definition) is 5. The topological polar surface area (TPSA) is 72.8 Å². The van der Waals surface area contributed by atoms with Crippen molar-refractivity contribution in [3.05, 3.63) is 12.7 Å². The fraction of sp³-hybridized carbons (Fsp3) is 0.818. The zero-order chi connectivity index (χ0) is 20.8. The Morgan fingerprint density at radius 2 is 1.41 bits per heavy atom. The van der Waals surface area contributed by atoms with Crippen LogP contribution in [0.4, 0.5) is 0 Å². The molecule has 5 heteroatoms. The molecule has 1 unspecified atom stereocenters. The molecule has 0 rings (SSSR count). The first-order chi connectivity index (χ1) is 13.0. The zero-order valence-electron chi connectivity index (χ0n) is 17.8. The lowest BCUT2D eigenvalue weighted by Gasteiger charge is -2.08. The molecule has 0 aromatic carbocycles. The van der Waals surface area contributed by atoms with Crippen LogP contribution in [0.5, 0.6) is 0 Å². The third kappa shape index (κ3) is 24.6. The number of aliphatic hydroxyl groups excluding tert-OH is 1. The van der Waals surface area contributed by atoms with Crippen LogP contribution in [-0.4, -0.2) is 36.4 Å². The summed E-state index contributed by atoms with van der Waals surface area (Å²) in [6.07, 6.45) is 14.2. The highest BCUT2D eigenvalue weighted by Gasteiger charge is 2.14. The van der Waals surface area contributed by atoms with Gasteiger partial charge in [-0.1, -0.05) is 90.7 Å². The molecule has 0 bridgehead atoms. The van der Waals surface area contributed by atoms with Crippen LogP contribution in [-0.2, 0) is 19.1 Å². The summed E-state index contributed by atoms with van der Waals surface area (Å²) < 4.78 is 9.52. The summed E-state index contributed by atoms with van der Waals surface area (Å²) in [5.41, 5.74) is 0. The summed E-state index contributed by atoms with van der Waals surface area (Å²) in [4.78, 5) is 21.4. The Bertz CT molecular complexity index is 355. The van der Waals surface area contributed by atoms with Gasteiger partial charge in [0.2, 0.25) is 0 Å². The van der Waals surface area contributed by atoms with Crippen molar-refractivity contribution in [3.8, 4) is 0 Å². The monoisotopic (exact) mass is 386 g/mol. The van der Waals surface area contributed by atoms with Gasteiger partial charge in [-0.25, -0.2) is 4.79 Å². The van der Waals surface area contributed by atoms with Crippen molar-refractivity contribution >= 4 is 11.9 Å². The van der Waals surface area contributed by atoms with E-state index < -0.39 is 12.1 Å². The second-order valence-electron chi connectivity index (χ2n) is 6.75. The van der Waals surface area contributed by atoms with Gasteiger partial charge < -0.3 is 14.6 Å². The molecule has 1 N–H and O–H groups in total. The van der Waals surface area contributed by atoms with Gasteiger partial charge in [-0.2, -0.15) is 0 Å². The molecule has 0 heterocycles. The lowest BCUT2D eigenvalue weighted by Crippen LogP contribution is -2.22. The number of ether oxygens (including phenoxy) is 2. The van der Waals surface area contributed by atoms with Gasteiger partial charge in [0, 0.05) is 6.92 Å². The highest BCUT2D eigenvalue weighted by atomic mass is 16.5. The van der Waals surface area contributed by atoms with E-state index in [-0.39, 0.29) is 12.6 Å². The third-order valence-electron chi connectivity index (χ3n) is 4.00. The van der Waals surface area contributed by atoms with Gasteiger partial charge in [0.05, 0.1) is 6.61 Å². The lowest BCUT2D eigenvalue weighted by atomic mass is 10.1. The molecule has 0 aliphatic heterocycles. The summed E-state index contributed by atoms with van der Waals surface area (Å²) in [5.74, 6) is -0.705. The van der Waals surface area contributed by atoms with Crippen molar-refractivity contribution in [1.82, 2.24) is 0 Å². The molecule has 0 radical (unpaired) electrons. The van der Waals surface area contributed by atoms with E-state index in [4.69, 9.17) is 4.74 Å². The van der Waals surface area contributed by atoms with E-state index in [1.807, 2.05) is 0 Å². The Morgan fingerprint density at radius 1 is 0.889 bits per heavy atom. The van der Waals surface area contributed by atoms with Gasteiger partial charge in [-0.15, -0.1) is 0 Å². The van der Waals surface area contributed by atoms with E-state index in [1.54, 1.807) is 0 Å². The van der Waals surface area contributed by atoms with Crippen molar-refractivity contribution in [2.24, 2.45) is 0 Å². The Kier molecular flexibility index (Phi) is 23.4. The highest BCUT2D eigenvalue weighted by Crippen LogP contribution is 2.08. The number of carbonyl (C=O) groups excluding carboxylic acids is 2. The molecule has 0 fully saturated rings. The minimum Gasteiger partial charge on any atom is -0.466 e. The number of rotatable bonds is 16. The van der Waals surface area contributed by atoms with Crippen molar-refractivity contribution in [2.45, 2.75) is 104 Å². The van der Waals surface area contributed by atoms with E-state index in [0.717, 1.165) is 25.7 Å². The van der Waals surface area contributed by atoms with Gasteiger partial charge in [0.15, 0.2) is 6.10 Å². The second kappa shape index (κ2) is 22.7. The van der Waals surface area contributed by atoms with Crippen LogP contribution in [0.1, 0.15) is 97.8 Å². The van der Waals surface area contributed by atoms with E-state index in [2.05, 4.69) is 25.2 Å². The number of esters is 2. The van der Waals surface area contributed by atoms with Crippen molar-refractivity contribution < 1.29 is 24.2 Å². The van der Waals surface area contributed by atoms with Crippen LogP contribution in [0.15, 0.2) is 12.7 Å². The van der Waals surface area contributed by atoms with Crippen LogP contribution < -0.4 is 0 Å². The smallest absolute Gasteiger partial charge is 0.335 e. The molecule has 0 aliphatic carbocycles. The first-order valence-electron chi connectivity index (χ1n) is 10.6. The molecule has 0 saturated carbocycles. The number of carbonyl (C=O) groups is 2. The summed E-state index contributed by atoms with van der Waals surface area (Å²) in [7, 11) is 0. The minimum atomic E-state index is -0.966. The van der Waals surface area contributed by atoms with E-state index >= 15 is 0 Å². The average Bonchev–Trinajstić information content (AvgIpc) is 2.65. The van der Waals surface area contributed by atoms with Crippen LogP contribution in [0.25, 0.3) is 0 Å². The predicted molar refractivity (Wildman–Crippen MR) is 111 cm³/mol. The van der Waals surface area contributed by atoms with Crippen LogP contribution in [0.3, 0.4) is 0 Å². The standard InChI is InChI=1S/C12H24O2.C10H18O3/c1-3-4-5-6-7-8-9-10-11-14-12(2)13;1-3-5-6-7-9(11)10(12)13-8-4-2/h3-11H2,1-2H3;4,9,11H,2-3,5-8H2,1H3. The summed E-state index contributed by atoms with van der Waals surface area (Å²) in [6, 6.07) is 0. The zero-order valence-corrected chi connectivity index (χ0v) is 17.8. The summed E-state index contributed by atoms with van der Waals surface area (Å²) in [6.45, 7) is 9.95. The number of unbranched alkanes of at least 4 members (excludes halogenated alkanes) is 9. The Hall–Kier alpha value is -1.36. The fourth-order valence-corrected chi connectivity index (χ4v) is 2.39. The molecule has 1 atom stereocenters. The summed E-state index contributed by atoms with van der Waals surface area (Å²) >= 11 is 0. The molecule has 0 aromatic rings. The molecule has 160 valence electrons. The van der Waals surface area contributed by atoms with Gasteiger partial charge in [0.25, 0.3) is 0 Å². The maximum absolute atomic E-state index is 11.0. The first kappa shape index (κ1) is 27.9. The Morgan fingerprint density at radius 3 is 1.93 bits per heavy atom. The molecular formula is C22H42O5.